The largest absolute Gasteiger partial charge is 0.313 e. The van der Waals surface area contributed by atoms with Crippen molar-refractivity contribution in [3.63, 3.8) is 0 Å². The van der Waals surface area contributed by atoms with E-state index in [1.807, 2.05) is 38.1 Å². The lowest BCUT2D eigenvalue weighted by molar-refractivity contribution is 0.566. The van der Waals surface area contributed by atoms with Crippen molar-refractivity contribution < 1.29 is 8.42 Å². The molecule has 0 aromatic heterocycles. The molecule has 0 atom stereocenters. The second-order valence-corrected chi connectivity index (χ2v) is 6.80. The summed E-state index contributed by atoms with van der Waals surface area (Å²) in [5.74, 6) is 0.111. The average Bonchev–Trinajstić information content (AvgIpc) is 2.36. The van der Waals surface area contributed by atoms with Gasteiger partial charge >= 0.3 is 0 Å². The molecule has 0 fully saturated rings. The highest BCUT2D eigenvalue weighted by atomic mass is 32.2. The Hall–Kier alpha value is -0.910. The summed E-state index contributed by atoms with van der Waals surface area (Å²) in [6.07, 6.45) is 0.910. The number of hydrogen-bond donors (Lipinski definition) is 2. The SMILES string of the molecule is CCc1ccccc1CNS(=O)(=O)CCNC(C)C. The highest BCUT2D eigenvalue weighted by Gasteiger charge is 2.10. The van der Waals surface area contributed by atoms with E-state index >= 15 is 0 Å². The van der Waals surface area contributed by atoms with Crippen LogP contribution in [0.25, 0.3) is 0 Å². The average molecular weight is 284 g/mol. The molecule has 1 rings (SSSR count). The minimum Gasteiger partial charge on any atom is -0.313 e. The normalized spacial score (nSPS) is 12.0. The maximum Gasteiger partial charge on any atom is 0.213 e. The second-order valence-electron chi connectivity index (χ2n) is 4.87. The number of nitrogens with one attached hydrogen (secondary N) is 2. The number of benzene rings is 1. The van der Waals surface area contributed by atoms with Crippen molar-refractivity contribution in [2.24, 2.45) is 0 Å². The predicted molar refractivity (Wildman–Crippen MR) is 79.6 cm³/mol. The predicted octanol–water partition coefficient (Wildman–Crippen LogP) is 1.67. The molecule has 0 spiro atoms. The minimum absolute atomic E-state index is 0.111. The maximum absolute atomic E-state index is 11.8. The second kappa shape index (κ2) is 7.62. The molecule has 0 saturated carbocycles. The molecule has 19 heavy (non-hydrogen) atoms. The van der Waals surface area contributed by atoms with E-state index in [4.69, 9.17) is 0 Å². The van der Waals surface area contributed by atoms with Gasteiger partial charge in [0.2, 0.25) is 10.0 Å². The van der Waals surface area contributed by atoms with Crippen LogP contribution in [0.2, 0.25) is 0 Å². The van der Waals surface area contributed by atoms with E-state index in [2.05, 4.69) is 17.0 Å². The fraction of sp³-hybridized carbons (Fsp3) is 0.571. The van der Waals surface area contributed by atoms with Crippen molar-refractivity contribution >= 4 is 10.0 Å². The van der Waals surface area contributed by atoms with Crippen molar-refractivity contribution in [2.75, 3.05) is 12.3 Å². The summed E-state index contributed by atoms with van der Waals surface area (Å²) in [7, 11) is -3.21. The highest BCUT2D eigenvalue weighted by molar-refractivity contribution is 7.89. The summed E-state index contributed by atoms with van der Waals surface area (Å²) in [6, 6.07) is 8.21. The highest BCUT2D eigenvalue weighted by Crippen LogP contribution is 2.09. The number of rotatable bonds is 8. The lowest BCUT2D eigenvalue weighted by atomic mass is 10.1. The van der Waals surface area contributed by atoms with Crippen LogP contribution in [-0.4, -0.2) is 26.8 Å². The van der Waals surface area contributed by atoms with Gasteiger partial charge in [-0.3, -0.25) is 0 Å². The zero-order valence-electron chi connectivity index (χ0n) is 11.9. The van der Waals surface area contributed by atoms with Gasteiger partial charge in [0.25, 0.3) is 0 Å². The third kappa shape index (κ3) is 6.18. The van der Waals surface area contributed by atoms with Crippen LogP contribution < -0.4 is 10.0 Å². The van der Waals surface area contributed by atoms with Gasteiger partial charge in [0.15, 0.2) is 0 Å². The number of aryl methyl sites for hydroxylation is 1. The van der Waals surface area contributed by atoms with Crippen molar-refractivity contribution in [2.45, 2.75) is 39.8 Å². The first-order valence-corrected chi connectivity index (χ1v) is 8.37. The first kappa shape index (κ1) is 16.1. The van der Waals surface area contributed by atoms with Gasteiger partial charge in [0, 0.05) is 19.1 Å². The van der Waals surface area contributed by atoms with Crippen molar-refractivity contribution in [1.29, 1.82) is 0 Å². The van der Waals surface area contributed by atoms with Crippen molar-refractivity contribution in [3.05, 3.63) is 35.4 Å². The Morgan fingerprint density at radius 1 is 1.16 bits per heavy atom. The zero-order chi connectivity index (χ0) is 14.3. The molecule has 0 aliphatic carbocycles. The topological polar surface area (TPSA) is 58.2 Å². The molecule has 5 heteroatoms. The molecule has 2 N–H and O–H groups in total. The van der Waals surface area contributed by atoms with Crippen molar-refractivity contribution in [3.8, 4) is 0 Å². The van der Waals surface area contributed by atoms with Crippen LogP contribution in [0.1, 0.15) is 31.9 Å². The van der Waals surface area contributed by atoms with E-state index in [0.717, 1.165) is 12.0 Å². The van der Waals surface area contributed by atoms with Crippen LogP contribution >= 0.6 is 0 Å². The lowest BCUT2D eigenvalue weighted by Crippen LogP contribution is -2.34. The minimum atomic E-state index is -3.21. The van der Waals surface area contributed by atoms with Gasteiger partial charge in [-0.15, -0.1) is 0 Å². The van der Waals surface area contributed by atoms with Crippen molar-refractivity contribution in [1.82, 2.24) is 10.0 Å². The molecule has 0 aliphatic heterocycles. The molecule has 0 bridgehead atoms. The molecule has 0 amide bonds. The Morgan fingerprint density at radius 3 is 2.37 bits per heavy atom. The maximum atomic E-state index is 11.8. The fourth-order valence-corrected chi connectivity index (χ4v) is 2.72. The Bertz CT molecular complexity index is 484. The Kier molecular flexibility index (Phi) is 6.48. The summed E-state index contributed by atoms with van der Waals surface area (Å²) in [4.78, 5) is 0. The summed E-state index contributed by atoms with van der Waals surface area (Å²) < 4.78 is 26.3. The number of hydrogen-bond acceptors (Lipinski definition) is 3. The molecule has 0 heterocycles. The molecular weight excluding hydrogens is 260 g/mol. The van der Waals surface area contributed by atoms with E-state index in [1.165, 1.54) is 5.56 Å². The van der Waals surface area contributed by atoms with E-state index in [9.17, 15) is 8.42 Å². The summed E-state index contributed by atoms with van der Waals surface area (Å²) in [5, 5.41) is 3.10. The molecule has 1 aromatic rings. The van der Waals surface area contributed by atoms with E-state index in [0.29, 0.717) is 19.1 Å². The molecule has 108 valence electrons. The van der Waals surface area contributed by atoms with Crippen LogP contribution in [-0.2, 0) is 23.0 Å². The Morgan fingerprint density at radius 2 is 1.79 bits per heavy atom. The van der Waals surface area contributed by atoms with E-state index in [-0.39, 0.29) is 5.75 Å². The summed E-state index contributed by atoms with van der Waals surface area (Å²) in [5.41, 5.74) is 2.23. The summed E-state index contributed by atoms with van der Waals surface area (Å²) >= 11 is 0. The van der Waals surface area contributed by atoms with Gasteiger partial charge in [-0.2, -0.15) is 0 Å². The molecule has 0 aliphatic rings. The molecule has 0 radical (unpaired) electrons. The zero-order valence-corrected chi connectivity index (χ0v) is 12.8. The first-order valence-electron chi connectivity index (χ1n) is 6.72. The smallest absolute Gasteiger partial charge is 0.213 e. The van der Waals surface area contributed by atoms with Gasteiger partial charge < -0.3 is 5.32 Å². The lowest BCUT2D eigenvalue weighted by Gasteiger charge is -2.11. The first-order chi connectivity index (χ1) is 8.94. The fourth-order valence-electron chi connectivity index (χ4n) is 1.82. The Labute approximate surface area is 116 Å². The van der Waals surface area contributed by atoms with E-state index < -0.39 is 10.0 Å². The molecule has 4 nitrogen and oxygen atoms in total. The molecule has 0 unspecified atom stereocenters. The van der Waals surface area contributed by atoms with Crippen LogP contribution in [0.3, 0.4) is 0 Å². The third-order valence-electron chi connectivity index (χ3n) is 2.91. The van der Waals surface area contributed by atoms with Crippen LogP contribution in [0.5, 0.6) is 0 Å². The van der Waals surface area contributed by atoms with Crippen LogP contribution in [0.4, 0.5) is 0 Å². The monoisotopic (exact) mass is 284 g/mol. The van der Waals surface area contributed by atoms with E-state index in [1.54, 1.807) is 0 Å². The molecular formula is C14H24N2O2S. The van der Waals surface area contributed by atoms with Gasteiger partial charge in [0.05, 0.1) is 5.75 Å². The van der Waals surface area contributed by atoms with Gasteiger partial charge in [0.1, 0.15) is 0 Å². The third-order valence-corrected chi connectivity index (χ3v) is 4.23. The quantitative estimate of drug-likeness (QED) is 0.763. The summed E-state index contributed by atoms with van der Waals surface area (Å²) in [6.45, 7) is 6.91. The van der Waals surface area contributed by atoms with Gasteiger partial charge in [-0.25, -0.2) is 13.1 Å². The van der Waals surface area contributed by atoms with Gasteiger partial charge in [-0.1, -0.05) is 45.0 Å². The Balaban J connectivity index is 2.50. The van der Waals surface area contributed by atoms with Crippen LogP contribution in [0, 0.1) is 0 Å². The van der Waals surface area contributed by atoms with Crippen LogP contribution in [0.15, 0.2) is 24.3 Å². The van der Waals surface area contributed by atoms with Gasteiger partial charge in [-0.05, 0) is 17.5 Å². The molecule has 0 saturated heterocycles. The molecule has 1 aromatic carbocycles. The standard InChI is InChI=1S/C14H24N2O2S/c1-4-13-7-5-6-8-14(13)11-16-19(17,18)10-9-15-12(2)3/h5-8,12,15-16H,4,9-11H2,1-3H3. The number of sulfonamides is 1.